The van der Waals surface area contributed by atoms with Crippen LogP contribution in [0.3, 0.4) is 0 Å². The average molecular weight is 1330 g/mol. The Kier molecular flexibility index (Phi) is 25.6. The fourth-order valence-corrected chi connectivity index (χ4v) is 14.9. The SMILES string of the molecule is CCCCNC(=O)CCc1cc(CN2CCN(Cc3cc(C#Cc4ccc(OCC(=O)CN)cc4)cc(P(=O)(O)c4ccccc4)n3)CCN(Cc3cc(CCC(=O)NCCCS(=O)(=O)O)cc(P(=O)(O)c4ccccc4)n3)CC2)nc(P(=O)(O)c2ccccc2)c1. The van der Waals surface area contributed by atoms with Crippen molar-refractivity contribution in [2.75, 3.05) is 71.3 Å². The molecule has 0 bridgehead atoms. The van der Waals surface area contributed by atoms with Crippen molar-refractivity contribution in [1.82, 2.24) is 40.3 Å². The number of hydrogen-bond donors (Lipinski definition) is 7. The summed E-state index contributed by atoms with van der Waals surface area (Å²) in [6.07, 6.45) is 2.25. The first-order valence-corrected chi connectivity index (χ1v) is 36.9. The zero-order valence-electron chi connectivity index (χ0n) is 51.3. The van der Waals surface area contributed by atoms with Crippen LogP contribution < -0.4 is 53.3 Å². The van der Waals surface area contributed by atoms with Gasteiger partial charge in [0, 0.05) is 112 Å². The first-order valence-electron chi connectivity index (χ1n) is 30.4. The quantitative estimate of drug-likeness (QED) is 0.0152. The minimum atomic E-state index is -4.31. The van der Waals surface area contributed by atoms with Gasteiger partial charge in [0.15, 0.2) is 5.78 Å². The van der Waals surface area contributed by atoms with Crippen molar-refractivity contribution in [3.8, 4) is 17.6 Å². The van der Waals surface area contributed by atoms with E-state index in [1.165, 1.54) is 12.1 Å². The molecule has 0 spiro atoms. The highest BCUT2D eigenvalue weighted by atomic mass is 32.2. The first-order chi connectivity index (χ1) is 44.1. The Morgan fingerprint density at radius 2 is 0.946 bits per heavy atom. The number of ketones is 1. The molecule has 26 heteroatoms. The highest BCUT2D eigenvalue weighted by Gasteiger charge is 2.31. The average Bonchev–Trinajstić information content (AvgIpc) is 0.886. The predicted octanol–water partition coefficient (Wildman–Crippen LogP) is 3.84. The van der Waals surface area contributed by atoms with Crippen LogP contribution in [0.1, 0.15) is 78.4 Å². The molecule has 4 aromatic carbocycles. The summed E-state index contributed by atoms with van der Waals surface area (Å²) in [4.78, 5) is 94.4. The maximum Gasteiger partial charge on any atom is 0.276 e. The number of amides is 2. The highest BCUT2D eigenvalue weighted by Crippen LogP contribution is 2.40. The molecule has 0 saturated carbocycles. The summed E-state index contributed by atoms with van der Waals surface area (Å²) in [7, 11) is -17.1. The molecule has 92 heavy (non-hydrogen) atoms. The molecule has 0 aliphatic carbocycles. The number of carbonyl (C=O) groups is 3. The number of nitrogens with two attached hydrogens (primary N) is 1. The molecular formula is C66H78N9O13P3S. The number of benzene rings is 4. The van der Waals surface area contributed by atoms with E-state index in [-0.39, 0.29) is 115 Å². The highest BCUT2D eigenvalue weighted by molar-refractivity contribution is 7.85. The number of pyridine rings is 3. The number of hydrogen-bond acceptors (Lipinski definition) is 16. The zero-order valence-corrected chi connectivity index (χ0v) is 54.8. The molecule has 486 valence electrons. The van der Waals surface area contributed by atoms with Gasteiger partial charge in [-0.3, -0.25) is 47.3 Å². The van der Waals surface area contributed by atoms with Crippen molar-refractivity contribution in [2.24, 2.45) is 5.73 Å². The number of unbranched alkanes of at least 4 members (excludes halogenated alkanes) is 1. The Morgan fingerprint density at radius 3 is 1.35 bits per heavy atom. The van der Waals surface area contributed by atoms with E-state index in [9.17, 15) is 51.2 Å². The monoisotopic (exact) mass is 1330 g/mol. The van der Waals surface area contributed by atoms with Gasteiger partial charge < -0.3 is 35.8 Å². The Labute approximate surface area is 537 Å². The van der Waals surface area contributed by atoms with E-state index in [4.69, 9.17) is 30.0 Å². The third kappa shape index (κ3) is 21.3. The topological polar surface area (TPSA) is 325 Å². The molecule has 7 aromatic rings. The second-order valence-electron chi connectivity index (χ2n) is 22.4. The van der Waals surface area contributed by atoms with Gasteiger partial charge in [0.05, 0.1) is 29.4 Å². The van der Waals surface area contributed by atoms with Gasteiger partial charge in [-0.2, -0.15) is 8.42 Å². The van der Waals surface area contributed by atoms with E-state index in [2.05, 4.69) is 37.2 Å². The standard InChI is InChI=1S/C66H78N9O13P3S/c1-2-3-30-68-62(77)28-24-52-40-55(71-65(43-52)90(81,82)60-16-9-5-10-17-60)47-74-34-32-73(46-54-39-51(42-64(70-54)89(79,80)59-14-7-4-8-15-59)21-20-50-22-26-58(27-23-50)88-49-57(76)45-67)33-35-75(37-36-74)48-56-41-53(25-29-63(78)69-31-13-38-92(85,86)87)44-66(72-56)91(83,84)61-18-11-6-12-19-61/h4-12,14-19,22-23,26-27,39-44H,2-3,13,24-25,28-38,45-49,67H2,1H3,(H,68,77)(H,69,78)(H,79,80)(H,81,82)(H,83,84)(H,85,86,87). The summed E-state index contributed by atoms with van der Waals surface area (Å²) in [5.41, 5.74) is 8.87. The molecule has 1 aliphatic heterocycles. The Balaban J connectivity index is 1.15. The van der Waals surface area contributed by atoms with Gasteiger partial charge in [0.2, 0.25) is 11.8 Å². The van der Waals surface area contributed by atoms with Crippen molar-refractivity contribution >= 4 is 82.0 Å². The van der Waals surface area contributed by atoms with E-state index in [1.54, 1.807) is 133 Å². The predicted molar refractivity (Wildman–Crippen MR) is 356 cm³/mol. The van der Waals surface area contributed by atoms with Gasteiger partial charge >= 0.3 is 0 Å². The number of Topliss-reactive ketones (excluding diaryl/α,β-unsaturated/α-hetero) is 1. The number of nitrogens with zero attached hydrogens (tertiary/aromatic N) is 6. The molecular weight excluding hydrogens is 1250 g/mol. The second-order valence-corrected chi connectivity index (χ2v) is 30.4. The van der Waals surface area contributed by atoms with Crippen molar-refractivity contribution in [2.45, 2.75) is 71.5 Å². The van der Waals surface area contributed by atoms with Crippen LogP contribution in [0.15, 0.2) is 152 Å². The molecule has 22 nitrogen and oxygen atoms in total. The summed E-state index contributed by atoms with van der Waals surface area (Å²) < 4.78 is 80.7. The van der Waals surface area contributed by atoms with Crippen molar-refractivity contribution < 1.29 is 60.5 Å². The van der Waals surface area contributed by atoms with Gasteiger partial charge in [0.25, 0.3) is 32.2 Å². The van der Waals surface area contributed by atoms with Crippen LogP contribution >= 0.6 is 22.1 Å². The van der Waals surface area contributed by atoms with Crippen LogP contribution in [0.5, 0.6) is 5.75 Å². The molecule has 3 atom stereocenters. The largest absolute Gasteiger partial charge is 0.486 e. The van der Waals surface area contributed by atoms with E-state index < -0.39 is 43.9 Å². The van der Waals surface area contributed by atoms with E-state index in [0.29, 0.717) is 90.9 Å². The third-order valence-electron chi connectivity index (χ3n) is 15.2. The second kappa shape index (κ2) is 33.5. The fourth-order valence-electron chi connectivity index (χ4n) is 10.1. The molecule has 3 aromatic heterocycles. The zero-order chi connectivity index (χ0) is 65.7. The summed E-state index contributed by atoms with van der Waals surface area (Å²) in [5.74, 6) is 5.44. The molecule has 1 aliphatic rings. The Hall–Kier alpha value is -7.38. The number of rotatable bonds is 29. The molecule has 1 saturated heterocycles. The van der Waals surface area contributed by atoms with Crippen molar-refractivity contribution in [3.05, 3.63) is 191 Å². The summed E-state index contributed by atoms with van der Waals surface area (Å²) in [6.45, 7) is 5.33. The lowest BCUT2D eigenvalue weighted by Gasteiger charge is -2.26. The minimum absolute atomic E-state index is 0.000701. The smallest absolute Gasteiger partial charge is 0.276 e. The third-order valence-corrected chi connectivity index (χ3v) is 21.5. The van der Waals surface area contributed by atoms with Crippen LogP contribution in [0, 0.1) is 11.8 Å². The number of aromatic nitrogens is 3. The number of aryl methyl sites for hydroxylation is 2. The van der Waals surface area contributed by atoms with Gasteiger partial charge in [-0.05, 0) is 134 Å². The lowest BCUT2D eigenvalue weighted by molar-refractivity contribution is -0.121. The summed E-state index contributed by atoms with van der Waals surface area (Å²) in [5, 5.41) is 6.16. The van der Waals surface area contributed by atoms with E-state index in [0.717, 1.165) is 12.8 Å². The van der Waals surface area contributed by atoms with Gasteiger partial charge in [-0.25, -0.2) is 15.0 Å². The lowest BCUT2D eigenvalue weighted by atomic mass is 10.1. The van der Waals surface area contributed by atoms with E-state index >= 15 is 0 Å². The van der Waals surface area contributed by atoms with E-state index in [1.807, 2.05) is 13.0 Å². The molecule has 4 heterocycles. The molecule has 2 amide bonds. The molecule has 1 fully saturated rings. The molecule has 8 N–H and O–H groups in total. The summed E-state index contributed by atoms with van der Waals surface area (Å²) in [6, 6.07) is 41.5. The maximum atomic E-state index is 14.5. The van der Waals surface area contributed by atoms with Crippen molar-refractivity contribution in [1.29, 1.82) is 0 Å². The van der Waals surface area contributed by atoms with Crippen LogP contribution in [-0.4, -0.2) is 146 Å². The van der Waals surface area contributed by atoms with Gasteiger partial charge in [-0.15, -0.1) is 0 Å². The normalized spacial score (nSPS) is 15.4. The lowest BCUT2D eigenvalue weighted by Crippen LogP contribution is -2.36. The maximum absolute atomic E-state index is 14.5. The van der Waals surface area contributed by atoms with Crippen LogP contribution in [0.4, 0.5) is 0 Å². The van der Waals surface area contributed by atoms with Crippen LogP contribution in [-0.2, 0) is 70.7 Å². The van der Waals surface area contributed by atoms with Crippen LogP contribution in [0.2, 0.25) is 0 Å². The van der Waals surface area contributed by atoms with Gasteiger partial charge in [-0.1, -0.05) is 79.8 Å². The molecule has 8 rings (SSSR count). The number of nitrogens with one attached hydrogen (secondary N) is 2. The Bertz CT molecular complexity index is 4000. The van der Waals surface area contributed by atoms with Crippen LogP contribution in [0.25, 0.3) is 0 Å². The minimum Gasteiger partial charge on any atom is -0.486 e. The molecule has 3 unspecified atom stereocenters. The number of carbonyl (C=O) groups excluding carboxylic acids is 3. The van der Waals surface area contributed by atoms with Gasteiger partial charge in [0.1, 0.15) is 28.7 Å². The number of ether oxygens (including phenoxy) is 1. The van der Waals surface area contributed by atoms with Crippen molar-refractivity contribution in [3.63, 3.8) is 0 Å². The first kappa shape index (κ1) is 70.5. The summed E-state index contributed by atoms with van der Waals surface area (Å²) >= 11 is 0. The fraction of sp³-hybridized carbons (Fsp3) is 0.333. The molecule has 0 radical (unpaired) electrons. The Morgan fingerprint density at radius 1 is 0.554 bits per heavy atom.